The number of hydrogen-bond donors (Lipinski definition) is 2. The largest absolute Gasteiger partial charge is 0.337 e. The third-order valence-corrected chi connectivity index (χ3v) is 7.46. The molecule has 1 aliphatic heterocycles. The Morgan fingerprint density at radius 1 is 1.27 bits per heavy atom. The van der Waals surface area contributed by atoms with Gasteiger partial charge in [0.1, 0.15) is 5.82 Å². The molecule has 41 heavy (non-hydrogen) atoms. The predicted octanol–water partition coefficient (Wildman–Crippen LogP) is 3.44. The molecule has 4 rings (SSSR count). The van der Waals surface area contributed by atoms with Gasteiger partial charge in [-0.05, 0) is 36.4 Å². The zero-order chi connectivity index (χ0) is 29.4. The monoisotopic (exact) mass is 584 g/mol. The quantitative estimate of drug-likeness (QED) is 0.248. The normalized spacial score (nSPS) is 15.9. The van der Waals surface area contributed by atoms with Gasteiger partial charge in [0.05, 0.1) is 17.7 Å². The van der Waals surface area contributed by atoms with E-state index in [0.29, 0.717) is 31.6 Å². The molecule has 0 aliphatic carbocycles. The molecule has 0 bridgehead atoms. The SMILES string of the molecule is CC(=O)N(NCc1cccc(F)c1Cl)[C@@H](CCC(=O)N1CCNC[C@H]1C)CON(C=O)c1cc2ccccc2cn1. The summed E-state index contributed by atoms with van der Waals surface area (Å²) >= 11 is 6.12. The molecule has 0 radical (unpaired) electrons. The highest BCUT2D eigenvalue weighted by Crippen LogP contribution is 2.22. The van der Waals surface area contributed by atoms with E-state index < -0.39 is 11.9 Å². The molecule has 12 heteroatoms. The molecule has 0 unspecified atom stereocenters. The summed E-state index contributed by atoms with van der Waals surface area (Å²) in [6, 6.07) is 13.1. The first kappa shape index (κ1) is 30.3. The standard InChI is InChI=1S/C29H34ClFN6O4/c1-20-15-32-12-13-35(20)28(40)11-10-25(37(21(2)39)34-17-24-8-5-9-26(31)29(24)30)18-41-36(19-38)27-14-22-6-3-4-7-23(22)16-33-27/h3-9,14,16,19-20,25,32,34H,10-13,15,17-18H2,1-2H3/t20-,25+/m1/s1. The van der Waals surface area contributed by atoms with Crippen LogP contribution in [0.5, 0.6) is 0 Å². The van der Waals surface area contributed by atoms with Crippen LogP contribution in [-0.4, -0.2) is 71.4 Å². The average Bonchev–Trinajstić information content (AvgIpc) is 2.97. The van der Waals surface area contributed by atoms with Gasteiger partial charge in [-0.2, -0.15) is 5.06 Å². The van der Waals surface area contributed by atoms with Crippen molar-refractivity contribution in [1.82, 2.24) is 25.6 Å². The number of nitrogens with one attached hydrogen (secondary N) is 2. The van der Waals surface area contributed by atoms with Crippen LogP contribution < -0.4 is 15.8 Å². The Hall–Kier alpha value is -3.64. The van der Waals surface area contributed by atoms with Crippen LogP contribution in [0.4, 0.5) is 10.2 Å². The smallest absolute Gasteiger partial charge is 0.239 e. The number of fused-ring (bicyclic) bond motifs is 1. The first-order chi connectivity index (χ1) is 19.8. The summed E-state index contributed by atoms with van der Waals surface area (Å²) in [6.07, 6.45) is 2.54. The van der Waals surface area contributed by atoms with E-state index in [1.54, 1.807) is 18.3 Å². The van der Waals surface area contributed by atoms with Crippen LogP contribution in [0.15, 0.2) is 54.7 Å². The van der Waals surface area contributed by atoms with Gasteiger partial charge in [-0.1, -0.05) is 48.0 Å². The predicted molar refractivity (Wildman–Crippen MR) is 154 cm³/mol. The molecule has 1 aromatic heterocycles. The number of hydroxylamine groups is 1. The van der Waals surface area contributed by atoms with Crippen LogP contribution in [-0.2, 0) is 25.8 Å². The Morgan fingerprint density at radius 2 is 2.05 bits per heavy atom. The second-order valence-electron chi connectivity index (χ2n) is 9.89. The lowest BCUT2D eigenvalue weighted by atomic mass is 10.1. The summed E-state index contributed by atoms with van der Waals surface area (Å²) in [7, 11) is 0. The van der Waals surface area contributed by atoms with Crippen molar-refractivity contribution >= 4 is 46.4 Å². The summed E-state index contributed by atoms with van der Waals surface area (Å²) in [5.74, 6) is -0.683. The van der Waals surface area contributed by atoms with E-state index in [1.165, 1.54) is 24.1 Å². The number of halogens is 2. The number of amides is 3. The van der Waals surface area contributed by atoms with Gasteiger partial charge in [0.15, 0.2) is 5.82 Å². The van der Waals surface area contributed by atoms with Crippen molar-refractivity contribution in [2.45, 2.75) is 45.3 Å². The van der Waals surface area contributed by atoms with Crippen LogP contribution in [0.25, 0.3) is 10.8 Å². The molecular weight excluding hydrogens is 551 g/mol. The van der Waals surface area contributed by atoms with Crippen molar-refractivity contribution in [2.24, 2.45) is 0 Å². The van der Waals surface area contributed by atoms with Gasteiger partial charge in [-0.3, -0.25) is 24.2 Å². The highest BCUT2D eigenvalue weighted by atomic mass is 35.5. The van der Waals surface area contributed by atoms with Crippen LogP contribution in [0.1, 0.15) is 32.3 Å². The first-order valence-electron chi connectivity index (χ1n) is 13.5. The number of hydrogen-bond acceptors (Lipinski definition) is 7. The lowest BCUT2D eigenvalue weighted by Crippen LogP contribution is -2.53. The second kappa shape index (κ2) is 14.3. The van der Waals surface area contributed by atoms with Crippen molar-refractivity contribution in [3.8, 4) is 0 Å². The van der Waals surface area contributed by atoms with E-state index in [2.05, 4.69) is 15.7 Å². The number of carbonyl (C=O) groups excluding carboxylic acids is 3. The lowest BCUT2D eigenvalue weighted by molar-refractivity contribution is -0.140. The first-order valence-corrected chi connectivity index (χ1v) is 13.8. The summed E-state index contributed by atoms with van der Waals surface area (Å²) < 4.78 is 14.0. The van der Waals surface area contributed by atoms with E-state index in [-0.39, 0.29) is 54.7 Å². The average molecular weight is 585 g/mol. The van der Waals surface area contributed by atoms with Gasteiger partial charge < -0.3 is 10.2 Å². The van der Waals surface area contributed by atoms with Crippen molar-refractivity contribution in [1.29, 1.82) is 0 Å². The number of benzene rings is 2. The molecule has 3 amide bonds. The van der Waals surface area contributed by atoms with Crippen molar-refractivity contribution in [3.05, 3.63) is 71.1 Å². The fraction of sp³-hybridized carbons (Fsp3) is 0.379. The number of hydrazine groups is 1. The zero-order valence-electron chi connectivity index (χ0n) is 23.1. The fourth-order valence-corrected chi connectivity index (χ4v) is 4.99. The number of carbonyl (C=O) groups is 3. The van der Waals surface area contributed by atoms with Gasteiger partial charge in [-0.15, -0.1) is 0 Å². The van der Waals surface area contributed by atoms with E-state index in [0.717, 1.165) is 15.8 Å². The summed E-state index contributed by atoms with van der Waals surface area (Å²) in [4.78, 5) is 49.9. The molecule has 2 atom stereocenters. The molecule has 1 fully saturated rings. The van der Waals surface area contributed by atoms with E-state index in [9.17, 15) is 18.8 Å². The van der Waals surface area contributed by atoms with E-state index in [1.807, 2.05) is 36.1 Å². The molecule has 218 valence electrons. The molecule has 1 aliphatic rings. The molecule has 3 aromatic rings. The fourth-order valence-electron chi connectivity index (χ4n) is 4.79. The minimum Gasteiger partial charge on any atom is -0.337 e. The Balaban J connectivity index is 1.51. The van der Waals surface area contributed by atoms with Gasteiger partial charge in [-0.25, -0.2) is 14.8 Å². The number of aromatic nitrogens is 1. The third kappa shape index (κ3) is 7.76. The van der Waals surface area contributed by atoms with E-state index >= 15 is 0 Å². The van der Waals surface area contributed by atoms with Crippen LogP contribution >= 0.6 is 11.6 Å². The topological polar surface area (TPSA) is 107 Å². The van der Waals surface area contributed by atoms with Gasteiger partial charge in [0.25, 0.3) is 0 Å². The summed E-state index contributed by atoms with van der Waals surface area (Å²) in [6.45, 7) is 5.30. The van der Waals surface area contributed by atoms with Crippen LogP contribution in [0.2, 0.25) is 5.02 Å². The third-order valence-electron chi connectivity index (χ3n) is 7.03. The number of piperazine rings is 1. The Bertz CT molecular complexity index is 1380. The number of anilines is 1. The van der Waals surface area contributed by atoms with Crippen LogP contribution in [0, 0.1) is 5.82 Å². The maximum atomic E-state index is 14.0. The Labute approximate surface area is 243 Å². The Kier molecular flexibility index (Phi) is 10.6. The van der Waals surface area contributed by atoms with Crippen LogP contribution in [0.3, 0.4) is 0 Å². The molecule has 10 nitrogen and oxygen atoms in total. The number of rotatable bonds is 12. The summed E-state index contributed by atoms with van der Waals surface area (Å²) in [5.41, 5.74) is 3.47. The highest BCUT2D eigenvalue weighted by Gasteiger charge is 2.28. The molecule has 2 N–H and O–H groups in total. The molecule has 2 heterocycles. The minimum atomic E-state index is -0.662. The van der Waals surface area contributed by atoms with Crippen molar-refractivity contribution in [3.63, 3.8) is 0 Å². The number of pyridine rings is 1. The Morgan fingerprint density at radius 3 is 2.78 bits per heavy atom. The number of nitrogens with zero attached hydrogens (tertiary/aromatic N) is 4. The zero-order valence-corrected chi connectivity index (χ0v) is 23.8. The van der Waals surface area contributed by atoms with E-state index in [4.69, 9.17) is 16.4 Å². The van der Waals surface area contributed by atoms with Gasteiger partial charge in [0.2, 0.25) is 18.2 Å². The maximum absolute atomic E-state index is 14.0. The van der Waals surface area contributed by atoms with Gasteiger partial charge >= 0.3 is 0 Å². The van der Waals surface area contributed by atoms with Crippen molar-refractivity contribution in [2.75, 3.05) is 31.3 Å². The van der Waals surface area contributed by atoms with Gasteiger partial charge in [0, 0.05) is 57.1 Å². The molecule has 1 saturated heterocycles. The second-order valence-corrected chi connectivity index (χ2v) is 10.3. The molecule has 2 aromatic carbocycles. The molecular formula is C29H34ClFN6O4. The lowest BCUT2D eigenvalue weighted by Gasteiger charge is -2.35. The van der Waals surface area contributed by atoms with Crippen molar-refractivity contribution < 1.29 is 23.6 Å². The molecule has 0 spiro atoms. The minimum absolute atomic E-state index is 0.0379. The molecule has 0 saturated carbocycles. The maximum Gasteiger partial charge on any atom is 0.239 e. The highest BCUT2D eigenvalue weighted by molar-refractivity contribution is 6.31. The summed E-state index contributed by atoms with van der Waals surface area (Å²) in [5, 5.41) is 7.34.